The van der Waals surface area contributed by atoms with Gasteiger partial charge in [-0.05, 0) is 55.2 Å². The number of unbranched alkanes of at least 4 members (excludes halogenated alkanes) is 13. The van der Waals surface area contributed by atoms with Crippen molar-refractivity contribution in [1.82, 2.24) is 0 Å². The van der Waals surface area contributed by atoms with Crippen molar-refractivity contribution in [3.63, 3.8) is 0 Å². The van der Waals surface area contributed by atoms with E-state index >= 15 is 0 Å². The molecule has 3 nitrogen and oxygen atoms in total. The summed E-state index contributed by atoms with van der Waals surface area (Å²) in [6.07, 6.45) is 25.0. The van der Waals surface area contributed by atoms with Crippen molar-refractivity contribution in [2.24, 2.45) is 5.92 Å². The number of hydrogen-bond acceptors (Lipinski definition) is 3. The highest BCUT2D eigenvalue weighted by Gasteiger charge is 2.13. The van der Waals surface area contributed by atoms with E-state index in [0.29, 0.717) is 12.5 Å². The summed E-state index contributed by atoms with van der Waals surface area (Å²) in [7, 11) is -2.14. The van der Waals surface area contributed by atoms with Crippen LogP contribution in [0.2, 0.25) is 0 Å². The van der Waals surface area contributed by atoms with Crippen LogP contribution in [0, 0.1) is 5.92 Å². The first-order valence-corrected chi connectivity index (χ1v) is 16.6. The van der Waals surface area contributed by atoms with Gasteiger partial charge in [0.05, 0.1) is 6.61 Å². The molecule has 0 bridgehead atoms. The van der Waals surface area contributed by atoms with Gasteiger partial charge < -0.3 is 13.9 Å². The fraction of sp³-hybridized carbons (Fsp3) is 0.812. The fourth-order valence-corrected chi connectivity index (χ4v) is 5.63. The average molecular weight is 522 g/mol. The minimum absolute atomic E-state index is 0.461. The zero-order valence-corrected chi connectivity index (χ0v) is 25.2. The standard InChI is InChI=1S/C32H58O3P/c1-5-9-12-14-16-18-20-24-30-25-22-27-32(31(30)26-21-19-17-15-13-10-6-2)35-36(33)34-28-29(8-4)23-11-7-3/h22,25,27,29H,5-21,23-24,26,28H2,1-4H3/q-1. The summed E-state index contributed by atoms with van der Waals surface area (Å²) in [5.41, 5.74) is 2.65. The highest BCUT2D eigenvalue weighted by atomic mass is 31.2. The molecule has 0 aliphatic heterocycles. The first kappa shape index (κ1) is 33.4. The maximum atomic E-state index is 12.7. The molecule has 0 aromatic heterocycles. The lowest BCUT2D eigenvalue weighted by atomic mass is 9.95. The van der Waals surface area contributed by atoms with E-state index in [1.165, 1.54) is 114 Å². The molecular formula is C32H58O3P-. The van der Waals surface area contributed by atoms with Gasteiger partial charge in [0.1, 0.15) is 14.4 Å². The summed E-state index contributed by atoms with van der Waals surface area (Å²) in [6.45, 7) is 9.46. The van der Waals surface area contributed by atoms with Gasteiger partial charge in [-0.15, -0.1) is 0 Å². The van der Waals surface area contributed by atoms with Crippen LogP contribution in [0.25, 0.3) is 0 Å². The van der Waals surface area contributed by atoms with Crippen molar-refractivity contribution < 1.29 is 13.9 Å². The SMILES string of the molecule is CCCCCCCCCc1cccc(OP([O-])OCC(CC)CCCC)c1CCCCCCCCC. The number of aryl methyl sites for hydroxylation is 1. The molecule has 0 saturated heterocycles. The summed E-state index contributed by atoms with van der Waals surface area (Å²) >= 11 is 0. The topological polar surface area (TPSA) is 41.5 Å². The van der Waals surface area contributed by atoms with Gasteiger partial charge in [0, 0.05) is 0 Å². The molecule has 0 heterocycles. The Bertz CT molecular complexity index is 621. The molecule has 2 unspecified atom stereocenters. The third-order valence-electron chi connectivity index (χ3n) is 7.44. The quantitative estimate of drug-likeness (QED) is 0.0949. The van der Waals surface area contributed by atoms with E-state index in [0.717, 1.165) is 31.4 Å². The van der Waals surface area contributed by atoms with Gasteiger partial charge in [-0.1, -0.05) is 136 Å². The Morgan fingerprint density at radius 3 is 1.83 bits per heavy atom. The van der Waals surface area contributed by atoms with Crippen molar-refractivity contribution >= 4 is 8.60 Å². The van der Waals surface area contributed by atoms with E-state index in [4.69, 9.17) is 9.05 Å². The highest BCUT2D eigenvalue weighted by molar-refractivity contribution is 7.39. The lowest BCUT2D eigenvalue weighted by Crippen LogP contribution is -2.13. The van der Waals surface area contributed by atoms with Crippen LogP contribution in [-0.4, -0.2) is 6.61 Å². The van der Waals surface area contributed by atoms with Crippen molar-refractivity contribution in [3.05, 3.63) is 29.3 Å². The van der Waals surface area contributed by atoms with Gasteiger partial charge in [-0.3, -0.25) is 0 Å². The number of hydrogen-bond donors (Lipinski definition) is 0. The minimum atomic E-state index is -2.14. The van der Waals surface area contributed by atoms with E-state index < -0.39 is 8.60 Å². The fourth-order valence-electron chi connectivity index (χ4n) is 4.92. The van der Waals surface area contributed by atoms with E-state index in [9.17, 15) is 4.89 Å². The molecule has 1 aromatic carbocycles. The Morgan fingerprint density at radius 2 is 1.25 bits per heavy atom. The molecule has 0 fully saturated rings. The van der Waals surface area contributed by atoms with E-state index in [2.05, 4.69) is 39.8 Å². The summed E-state index contributed by atoms with van der Waals surface area (Å²) in [5.74, 6) is 1.24. The van der Waals surface area contributed by atoms with E-state index in [1.54, 1.807) is 0 Å². The lowest BCUT2D eigenvalue weighted by Gasteiger charge is -2.27. The molecule has 0 amide bonds. The third kappa shape index (κ3) is 16.3. The molecule has 36 heavy (non-hydrogen) atoms. The second-order valence-electron chi connectivity index (χ2n) is 10.7. The molecule has 0 spiro atoms. The van der Waals surface area contributed by atoms with Gasteiger partial charge in [-0.25, -0.2) is 0 Å². The van der Waals surface area contributed by atoms with Crippen LogP contribution in [0.15, 0.2) is 18.2 Å². The monoisotopic (exact) mass is 521 g/mol. The van der Waals surface area contributed by atoms with E-state index in [-0.39, 0.29) is 0 Å². The second-order valence-corrected chi connectivity index (χ2v) is 11.6. The van der Waals surface area contributed by atoms with Crippen LogP contribution < -0.4 is 9.42 Å². The number of rotatable bonds is 25. The highest BCUT2D eigenvalue weighted by Crippen LogP contribution is 2.37. The molecule has 0 aliphatic rings. The van der Waals surface area contributed by atoms with Crippen molar-refractivity contribution in [2.75, 3.05) is 6.61 Å². The maximum absolute atomic E-state index is 12.7. The van der Waals surface area contributed by atoms with Gasteiger partial charge in [0.2, 0.25) is 0 Å². The van der Waals surface area contributed by atoms with Gasteiger partial charge in [-0.2, -0.15) is 0 Å². The van der Waals surface area contributed by atoms with Crippen LogP contribution in [0.5, 0.6) is 5.75 Å². The van der Waals surface area contributed by atoms with Crippen LogP contribution in [0.4, 0.5) is 0 Å². The zero-order valence-electron chi connectivity index (χ0n) is 24.3. The molecule has 4 heteroatoms. The van der Waals surface area contributed by atoms with Gasteiger partial charge in [0.15, 0.2) is 0 Å². The van der Waals surface area contributed by atoms with Crippen molar-refractivity contribution in [3.8, 4) is 5.75 Å². The summed E-state index contributed by atoms with van der Waals surface area (Å²) in [4.78, 5) is 12.7. The Labute approximate surface area is 226 Å². The van der Waals surface area contributed by atoms with Crippen LogP contribution in [0.3, 0.4) is 0 Å². The molecule has 0 N–H and O–H groups in total. The summed E-state index contributed by atoms with van der Waals surface area (Å²) in [5, 5.41) is 0. The molecule has 0 radical (unpaired) electrons. The summed E-state index contributed by atoms with van der Waals surface area (Å²) in [6, 6.07) is 6.32. The predicted octanol–water partition coefficient (Wildman–Crippen LogP) is 10.5. The smallest absolute Gasteiger partial charge is 0.147 e. The largest absolute Gasteiger partial charge is 0.776 e. The number of benzene rings is 1. The normalized spacial score (nSPS) is 13.1. The first-order chi connectivity index (χ1) is 17.7. The van der Waals surface area contributed by atoms with Crippen LogP contribution in [-0.2, 0) is 17.4 Å². The lowest BCUT2D eigenvalue weighted by molar-refractivity contribution is -0.197. The second kappa shape index (κ2) is 23.5. The van der Waals surface area contributed by atoms with Crippen molar-refractivity contribution in [2.45, 2.75) is 156 Å². The molecule has 0 aliphatic carbocycles. The molecule has 0 saturated carbocycles. The van der Waals surface area contributed by atoms with Crippen molar-refractivity contribution in [1.29, 1.82) is 0 Å². The first-order valence-electron chi connectivity index (χ1n) is 15.5. The molecular weight excluding hydrogens is 463 g/mol. The Hall–Kier alpha value is -0.630. The van der Waals surface area contributed by atoms with Crippen LogP contribution >= 0.6 is 8.60 Å². The van der Waals surface area contributed by atoms with E-state index in [1.807, 2.05) is 6.07 Å². The third-order valence-corrected chi connectivity index (χ3v) is 8.15. The van der Waals surface area contributed by atoms with Gasteiger partial charge >= 0.3 is 0 Å². The Morgan fingerprint density at radius 1 is 0.694 bits per heavy atom. The predicted molar refractivity (Wildman–Crippen MR) is 157 cm³/mol. The molecule has 210 valence electrons. The van der Waals surface area contributed by atoms with Gasteiger partial charge in [0.25, 0.3) is 0 Å². The summed E-state index contributed by atoms with van der Waals surface area (Å²) < 4.78 is 11.7. The Balaban J connectivity index is 2.68. The molecule has 1 aromatic rings. The molecule has 1 rings (SSSR count). The average Bonchev–Trinajstić information content (AvgIpc) is 2.88. The Kier molecular flexibility index (Phi) is 21.8. The minimum Gasteiger partial charge on any atom is -0.776 e. The van der Waals surface area contributed by atoms with Crippen LogP contribution in [0.1, 0.15) is 154 Å². The zero-order chi connectivity index (χ0) is 26.3. The maximum Gasteiger partial charge on any atom is 0.147 e. The molecule has 2 atom stereocenters.